The molecule has 2 rings (SSSR count). The Morgan fingerprint density at radius 1 is 1.50 bits per heavy atom. The Morgan fingerprint density at radius 3 is 2.89 bits per heavy atom. The van der Waals surface area contributed by atoms with Gasteiger partial charge in [-0.15, -0.1) is 0 Å². The van der Waals surface area contributed by atoms with Gasteiger partial charge in [0.25, 0.3) is 5.56 Å². The van der Waals surface area contributed by atoms with Crippen molar-refractivity contribution in [3.05, 3.63) is 38.5 Å². The summed E-state index contributed by atoms with van der Waals surface area (Å²) in [6.07, 6.45) is 3.40. The van der Waals surface area contributed by atoms with Crippen LogP contribution in [0.5, 0.6) is 0 Å². The van der Waals surface area contributed by atoms with Crippen LogP contribution in [-0.2, 0) is 13.1 Å². The number of hydrogen-bond donors (Lipinski definition) is 2. The predicted molar refractivity (Wildman–Crippen MR) is 72.5 cm³/mol. The van der Waals surface area contributed by atoms with Crippen LogP contribution in [0.4, 0.5) is 5.69 Å². The lowest BCUT2D eigenvalue weighted by atomic mass is 10.2. The summed E-state index contributed by atoms with van der Waals surface area (Å²) in [5.74, 6) is 0. The lowest BCUT2D eigenvalue weighted by Gasteiger charge is -2.09. The minimum absolute atomic E-state index is 0.133. The molecule has 2 heterocycles. The van der Waals surface area contributed by atoms with Crippen LogP contribution in [0.2, 0.25) is 0 Å². The molecule has 96 valence electrons. The molecule has 7 heteroatoms. The molecule has 0 aromatic carbocycles. The first kappa shape index (κ1) is 12.8. The Hall–Kier alpha value is -1.63. The van der Waals surface area contributed by atoms with Crippen LogP contribution in [-0.4, -0.2) is 20.0 Å². The predicted octanol–water partition coefficient (Wildman–Crippen LogP) is 1.67. The molecule has 0 saturated carbocycles. The maximum absolute atomic E-state index is 11.8. The van der Waals surface area contributed by atoms with E-state index in [1.807, 2.05) is 13.8 Å². The zero-order valence-corrected chi connectivity index (χ0v) is 11.8. The fraction of sp³-hybridized carbons (Fsp3) is 0.364. The number of aryl methyl sites for hydroxylation is 2. The number of aromatic amines is 1. The molecule has 0 bridgehead atoms. The summed E-state index contributed by atoms with van der Waals surface area (Å²) in [7, 11) is 0. The second-order valence-corrected chi connectivity index (χ2v) is 4.66. The molecule has 18 heavy (non-hydrogen) atoms. The molecule has 0 saturated heterocycles. The standard InChI is InChI=1S/C11H14BrN5O/c1-3-17-11(18)10(12)9(6-15-17)13-4-8-5-14-16-7(8)2/h5-6,13H,3-4H2,1-2H3,(H,14,16). The SMILES string of the molecule is CCn1ncc(NCc2cn[nH]c2C)c(Br)c1=O. The topological polar surface area (TPSA) is 75.6 Å². The fourth-order valence-electron chi connectivity index (χ4n) is 1.56. The summed E-state index contributed by atoms with van der Waals surface area (Å²) in [6, 6.07) is 0. The molecule has 0 spiro atoms. The third-order valence-electron chi connectivity index (χ3n) is 2.69. The first-order valence-electron chi connectivity index (χ1n) is 5.61. The lowest BCUT2D eigenvalue weighted by molar-refractivity contribution is 0.613. The smallest absolute Gasteiger partial charge is 0.283 e. The van der Waals surface area contributed by atoms with Gasteiger partial charge in [-0.05, 0) is 29.8 Å². The summed E-state index contributed by atoms with van der Waals surface area (Å²) in [5, 5.41) is 14.0. The van der Waals surface area contributed by atoms with E-state index in [-0.39, 0.29) is 5.56 Å². The van der Waals surface area contributed by atoms with E-state index >= 15 is 0 Å². The van der Waals surface area contributed by atoms with Crippen molar-refractivity contribution in [3.63, 3.8) is 0 Å². The second-order valence-electron chi connectivity index (χ2n) is 3.87. The van der Waals surface area contributed by atoms with Gasteiger partial charge in [-0.25, -0.2) is 4.68 Å². The van der Waals surface area contributed by atoms with Crippen molar-refractivity contribution < 1.29 is 0 Å². The zero-order chi connectivity index (χ0) is 13.1. The van der Waals surface area contributed by atoms with Gasteiger partial charge < -0.3 is 5.32 Å². The fourth-order valence-corrected chi connectivity index (χ4v) is 2.01. The molecule has 2 N–H and O–H groups in total. The van der Waals surface area contributed by atoms with E-state index in [2.05, 4.69) is 36.5 Å². The summed E-state index contributed by atoms with van der Waals surface area (Å²) >= 11 is 3.30. The molecule has 0 aliphatic rings. The number of rotatable bonds is 4. The van der Waals surface area contributed by atoms with Crippen molar-refractivity contribution in [1.82, 2.24) is 20.0 Å². The van der Waals surface area contributed by atoms with E-state index in [1.165, 1.54) is 4.68 Å². The molecule has 0 unspecified atom stereocenters. The average Bonchev–Trinajstić information content (AvgIpc) is 2.77. The van der Waals surface area contributed by atoms with Gasteiger partial charge in [-0.2, -0.15) is 10.2 Å². The zero-order valence-electron chi connectivity index (χ0n) is 10.2. The minimum Gasteiger partial charge on any atom is -0.378 e. The van der Waals surface area contributed by atoms with E-state index in [4.69, 9.17) is 0 Å². The number of anilines is 1. The largest absolute Gasteiger partial charge is 0.378 e. The summed E-state index contributed by atoms with van der Waals surface area (Å²) in [5.41, 5.74) is 2.62. The van der Waals surface area contributed by atoms with Gasteiger partial charge in [0.1, 0.15) is 4.47 Å². The highest BCUT2D eigenvalue weighted by Gasteiger charge is 2.08. The van der Waals surface area contributed by atoms with Crippen LogP contribution < -0.4 is 10.9 Å². The van der Waals surface area contributed by atoms with Crippen LogP contribution in [0.15, 0.2) is 21.7 Å². The highest BCUT2D eigenvalue weighted by molar-refractivity contribution is 9.10. The Bertz CT molecular complexity index is 604. The van der Waals surface area contributed by atoms with E-state index in [9.17, 15) is 4.79 Å². The van der Waals surface area contributed by atoms with Crippen LogP contribution in [0.3, 0.4) is 0 Å². The van der Waals surface area contributed by atoms with Crippen molar-refractivity contribution >= 4 is 21.6 Å². The van der Waals surface area contributed by atoms with Gasteiger partial charge in [0.15, 0.2) is 0 Å². The quantitative estimate of drug-likeness (QED) is 0.900. The second kappa shape index (κ2) is 5.34. The van der Waals surface area contributed by atoms with Crippen molar-refractivity contribution in [2.75, 3.05) is 5.32 Å². The van der Waals surface area contributed by atoms with Gasteiger partial charge in [0.2, 0.25) is 0 Å². The summed E-state index contributed by atoms with van der Waals surface area (Å²) < 4.78 is 1.90. The van der Waals surface area contributed by atoms with Crippen molar-refractivity contribution in [2.24, 2.45) is 0 Å². The van der Waals surface area contributed by atoms with Gasteiger partial charge in [0.05, 0.1) is 18.1 Å². The van der Waals surface area contributed by atoms with E-state index in [0.717, 1.165) is 11.3 Å². The Morgan fingerprint density at radius 2 is 2.28 bits per heavy atom. The molecule has 0 fully saturated rings. The molecule has 6 nitrogen and oxygen atoms in total. The highest BCUT2D eigenvalue weighted by Crippen LogP contribution is 2.17. The van der Waals surface area contributed by atoms with Crippen LogP contribution in [0.25, 0.3) is 0 Å². The molecular weight excluding hydrogens is 298 g/mol. The molecule has 0 aliphatic carbocycles. The number of nitrogens with zero attached hydrogens (tertiary/aromatic N) is 3. The van der Waals surface area contributed by atoms with E-state index in [1.54, 1.807) is 12.4 Å². The molecule has 0 amide bonds. The lowest BCUT2D eigenvalue weighted by Crippen LogP contribution is -2.23. The van der Waals surface area contributed by atoms with Gasteiger partial charge in [0, 0.05) is 24.3 Å². The maximum atomic E-state index is 11.8. The molecule has 0 aliphatic heterocycles. The number of aromatic nitrogens is 4. The van der Waals surface area contributed by atoms with Crippen LogP contribution in [0.1, 0.15) is 18.2 Å². The van der Waals surface area contributed by atoms with E-state index < -0.39 is 0 Å². The van der Waals surface area contributed by atoms with Crippen LogP contribution in [0, 0.1) is 6.92 Å². The van der Waals surface area contributed by atoms with Gasteiger partial charge in [-0.3, -0.25) is 9.89 Å². The number of hydrogen-bond acceptors (Lipinski definition) is 4. The van der Waals surface area contributed by atoms with Crippen molar-refractivity contribution in [3.8, 4) is 0 Å². The minimum atomic E-state index is -0.133. The molecular formula is C11H14BrN5O. The molecule has 0 atom stereocenters. The highest BCUT2D eigenvalue weighted by atomic mass is 79.9. The normalized spacial score (nSPS) is 10.6. The molecule has 2 aromatic heterocycles. The first-order chi connectivity index (χ1) is 8.63. The van der Waals surface area contributed by atoms with Crippen molar-refractivity contribution in [2.45, 2.75) is 26.9 Å². The third-order valence-corrected chi connectivity index (χ3v) is 3.45. The molecule has 2 aromatic rings. The Kier molecular flexibility index (Phi) is 3.81. The number of halogens is 1. The Labute approximate surface area is 113 Å². The van der Waals surface area contributed by atoms with Gasteiger partial charge in [-0.1, -0.05) is 0 Å². The van der Waals surface area contributed by atoms with Gasteiger partial charge >= 0.3 is 0 Å². The average molecular weight is 312 g/mol. The van der Waals surface area contributed by atoms with Crippen LogP contribution >= 0.6 is 15.9 Å². The monoisotopic (exact) mass is 311 g/mol. The third kappa shape index (κ3) is 2.45. The molecule has 0 radical (unpaired) electrons. The Balaban J connectivity index is 2.18. The number of nitrogens with one attached hydrogen (secondary N) is 2. The van der Waals surface area contributed by atoms with E-state index in [0.29, 0.717) is 23.2 Å². The maximum Gasteiger partial charge on any atom is 0.283 e. The first-order valence-corrected chi connectivity index (χ1v) is 6.41. The number of H-pyrrole nitrogens is 1. The van der Waals surface area contributed by atoms with Crippen molar-refractivity contribution in [1.29, 1.82) is 0 Å². The summed E-state index contributed by atoms with van der Waals surface area (Å²) in [4.78, 5) is 11.8. The summed E-state index contributed by atoms with van der Waals surface area (Å²) in [6.45, 7) is 4.98.